The molecule has 2 amide bonds. The maximum atomic E-state index is 12.9. The highest BCUT2D eigenvalue weighted by Gasteiger charge is 2.35. The van der Waals surface area contributed by atoms with Crippen LogP contribution in [-0.4, -0.2) is 78.9 Å². The van der Waals surface area contributed by atoms with Gasteiger partial charge in [-0.1, -0.05) is 37.3 Å². The highest BCUT2D eigenvalue weighted by Crippen LogP contribution is 2.17. The predicted octanol–water partition coefficient (Wildman–Crippen LogP) is 3.42. The van der Waals surface area contributed by atoms with Gasteiger partial charge in [-0.3, -0.25) is 4.79 Å². The number of hydrogen-bond acceptors (Lipinski definition) is 7. The first-order chi connectivity index (χ1) is 16.1. The molecule has 1 saturated heterocycles. The minimum atomic E-state index is -0.607. The molecule has 190 valence electrons. The molecule has 0 aliphatic carbocycles. The van der Waals surface area contributed by atoms with Crippen LogP contribution in [0, 0.1) is 5.92 Å². The Morgan fingerprint density at radius 3 is 2.38 bits per heavy atom. The molecule has 0 bridgehead atoms. The molecule has 1 aliphatic rings. The van der Waals surface area contributed by atoms with Crippen LogP contribution < -0.4 is 5.32 Å². The summed E-state index contributed by atoms with van der Waals surface area (Å²) in [6, 6.07) is 9.15. The van der Waals surface area contributed by atoms with Gasteiger partial charge in [0.1, 0.15) is 12.2 Å². The molecule has 2 unspecified atom stereocenters. The summed E-state index contributed by atoms with van der Waals surface area (Å²) < 4.78 is 16.2. The molecule has 0 aromatic heterocycles. The first-order valence-electron chi connectivity index (χ1n) is 12.0. The predicted molar refractivity (Wildman–Crippen MR) is 128 cm³/mol. The number of carbonyl (C=O) groups is 3. The van der Waals surface area contributed by atoms with Crippen LogP contribution in [0.15, 0.2) is 30.3 Å². The van der Waals surface area contributed by atoms with Crippen LogP contribution in [-0.2, 0) is 25.6 Å². The van der Waals surface area contributed by atoms with Crippen molar-refractivity contribution in [3.8, 4) is 0 Å². The maximum absolute atomic E-state index is 12.9. The fourth-order valence-corrected chi connectivity index (χ4v) is 3.64. The largest absolute Gasteiger partial charge is 0.466 e. The summed E-state index contributed by atoms with van der Waals surface area (Å²) >= 11 is 0. The minimum absolute atomic E-state index is 0.173. The SMILES string of the molecule is CCOC(=O)C(CC)CNCC1CN(C(=O)OC(C)(C)C)CCN1C(=O)OCc1ccccc1. The summed E-state index contributed by atoms with van der Waals surface area (Å²) in [7, 11) is 0. The van der Waals surface area contributed by atoms with Gasteiger partial charge in [-0.05, 0) is 39.7 Å². The molecular formula is C25H39N3O6. The second-order valence-corrected chi connectivity index (χ2v) is 9.33. The van der Waals surface area contributed by atoms with Crippen LogP contribution in [0.25, 0.3) is 0 Å². The quantitative estimate of drug-likeness (QED) is 0.430. The Balaban J connectivity index is 2.02. The van der Waals surface area contributed by atoms with Crippen LogP contribution in [0.3, 0.4) is 0 Å². The van der Waals surface area contributed by atoms with Crippen molar-refractivity contribution < 1.29 is 28.6 Å². The standard InChI is InChI=1S/C25H39N3O6/c1-6-20(22(29)32-7-2)15-26-16-21-17-27(23(30)34-25(3,4)5)13-14-28(21)24(31)33-18-19-11-9-8-10-12-19/h8-12,20-21,26H,6-7,13-18H2,1-5H3. The molecule has 1 aliphatic heterocycles. The number of piperazine rings is 1. The number of carbonyl (C=O) groups excluding carboxylic acids is 3. The minimum Gasteiger partial charge on any atom is -0.466 e. The summed E-state index contributed by atoms with van der Waals surface area (Å²) in [6.07, 6.45) is -0.201. The summed E-state index contributed by atoms with van der Waals surface area (Å²) in [5.41, 5.74) is 0.294. The van der Waals surface area contributed by atoms with E-state index in [-0.39, 0.29) is 24.5 Å². The van der Waals surface area contributed by atoms with Crippen molar-refractivity contribution in [1.29, 1.82) is 0 Å². The van der Waals surface area contributed by atoms with E-state index < -0.39 is 17.8 Å². The third-order valence-corrected chi connectivity index (χ3v) is 5.46. The molecule has 0 spiro atoms. The van der Waals surface area contributed by atoms with Crippen LogP contribution in [0.2, 0.25) is 0 Å². The fraction of sp³-hybridized carbons (Fsp3) is 0.640. The number of nitrogens with zero attached hydrogens (tertiary/aromatic N) is 2. The van der Waals surface area contributed by atoms with Gasteiger partial charge in [0.2, 0.25) is 0 Å². The van der Waals surface area contributed by atoms with E-state index in [0.717, 1.165) is 5.56 Å². The molecule has 0 saturated carbocycles. The van der Waals surface area contributed by atoms with Crippen molar-refractivity contribution in [3.63, 3.8) is 0 Å². The first kappa shape index (κ1) is 27.4. The fourth-order valence-electron chi connectivity index (χ4n) is 3.64. The lowest BCUT2D eigenvalue weighted by atomic mass is 10.1. The van der Waals surface area contributed by atoms with Crippen molar-refractivity contribution in [2.24, 2.45) is 5.92 Å². The van der Waals surface area contributed by atoms with E-state index in [1.165, 1.54) is 0 Å². The molecule has 2 atom stereocenters. The van der Waals surface area contributed by atoms with Gasteiger partial charge in [0, 0.05) is 32.7 Å². The van der Waals surface area contributed by atoms with Crippen LogP contribution in [0.1, 0.15) is 46.6 Å². The molecule has 1 N–H and O–H groups in total. The monoisotopic (exact) mass is 477 g/mol. The normalized spacial score (nSPS) is 17.1. The Hall–Kier alpha value is -2.81. The molecule has 9 nitrogen and oxygen atoms in total. The van der Waals surface area contributed by atoms with Crippen LogP contribution in [0.5, 0.6) is 0 Å². The Morgan fingerprint density at radius 1 is 1.06 bits per heavy atom. The number of amides is 2. The zero-order valence-electron chi connectivity index (χ0n) is 21.0. The van der Waals surface area contributed by atoms with Crippen molar-refractivity contribution in [2.45, 2.75) is 59.3 Å². The molecular weight excluding hydrogens is 438 g/mol. The second kappa shape index (κ2) is 13.2. The van der Waals surface area contributed by atoms with Gasteiger partial charge in [-0.15, -0.1) is 0 Å². The maximum Gasteiger partial charge on any atom is 0.410 e. The lowest BCUT2D eigenvalue weighted by Crippen LogP contribution is -2.60. The van der Waals surface area contributed by atoms with Crippen LogP contribution in [0.4, 0.5) is 9.59 Å². The zero-order chi connectivity index (χ0) is 25.1. The molecule has 9 heteroatoms. The summed E-state index contributed by atoms with van der Waals surface area (Å²) in [5, 5.41) is 3.28. The Morgan fingerprint density at radius 2 is 1.76 bits per heavy atom. The van der Waals surface area contributed by atoms with Crippen molar-refractivity contribution in [1.82, 2.24) is 15.1 Å². The smallest absolute Gasteiger partial charge is 0.410 e. The summed E-state index contributed by atoms with van der Waals surface area (Å²) in [6.45, 7) is 11.5. The van der Waals surface area contributed by atoms with Gasteiger partial charge in [-0.2, -0.15) is 0 Å². The average Bonchev–Trinajstić information content (AvgIpc) is 2.80. The van der Waals surface area contributed by atoms with E-state index >= 15 is 0 Å². The highest BCUT2D eigenvalue weighted by atomic mass is 16.6. The number of esters is 1. The molecule has 1 aromatic rings. The third-order valence-electron chi connectivity index (χ3n) is 5.46. The molecule has 2 rings (SSSR count). The van der Waals surface area contributed by atoms with Gasteiger partial charge < -0.3 is 29.3 Å². The average molecular weight is 478 g/mol. The van der Waals surface area contributed by atoms with E-state index in [9.17, 15) is 14.4 Å². The first-order valence-corrected chi connectivity index (χ1v) is 12.0. The molecule has 1 heterocycles. The van der Waals surface area contributed by atoms with Crippen molar-refractivity contribution in [2.75, 3.05) is 39.3 Å². The van der Waals surface area contributed by atoms with Gasteiger partial charge >= 0.3 is 18.2 Å². The Kier molecular flexibility index (Phi) is 10.6. The van der Waals surface area contributed by atoms with E-state index in [2.05, 4.69) is 5.32 Å². The Labute approximate surface area is 202 Å². The summed E-state index contributed by atoms with van der Waals surface area (Å²) in [4.78, 5) is 40.9. The topological polar surface area (TPSA) is 97.4 Å². The molecule has 34 heavy (non-hydrogen) atoms. The Bertz CT molecular complexity index is 796. The van der Waals surface area contributed by atoms with Gasteiger partial charge in [0.25, 0.3) is 0 Å². The van der Waals surface area contributed by atoms with E-state index in [4.69, 9.17) is 14.2 Å². The second-order valence-electron chi connectivity index (χ2n) is 9.33. The van der Waals surface area contributed by atoms with Crippen LogP contribution >= 0.6 is 0 Å². The lowest BCUT2D eigenvalue weighted by molar-refractivity contribution is -0.148. The number of ether oxygens (including phenoxy) is 3. The van der Waals surface area contributed by atoms with E-state index in [1.54, 1.807) is 16.7 Å². The molecule has 1 aromatic carbocycles. The number of benzene rings is 1. The van der Waals surface area contributed by atoms with Crippen molar-refractivity contribution in [3.05, 3.63) is 35.9 Å². The van der Waals surface area contributed by atoms with Gasteiger partial charge in [0.15, 0.2) is 0 Å². The highest BCUT2D eigenvalue weighted by molar-refractivity contribution is 5.72. The number of hydrogen-bond donors (Lipinski definition) is 1. The zero-order valence-corrected chi connectivity index (χ0v) is 21.0. The van der Waals surface area contributed by atoms with Crippen molar-refractivity contribution >= 4 is 18.2 Å². The number of nitrogens with one attached hydrogen (secondary N) is 1. The lowest BCUT2D eigenvalue weighted by Gasteiger charge is -2.41. The van der Waals surface area contributed by atoms with E-state index in [1.807, 2.05) is 58.0 Å². The third kappa shape index (κ3) is 8.85. The molecule has 1 fully saturated rings. The van der Waals surface area contributed by atoms with Gasteiger partial charge in [0.05, 0.1) is 18.6 Å². The van der Waals surface area contributed by atoms with Gasteiger partial charge in [-0.25, -0.2) is 9.59 Å². The van der Waals surface area contributed by atoms with E-state index in [0.29, 0.717) is 45.8 Å². The number of rotatable bonds is 9. The summed E-state index contributed by atoms with van der Waals surface area (Å²) in [5.74, 6) is -0.514. The molecule has 0 radical (unpaired) electrons.